The first-order valence-corrected chi connectivity index (χ1v) is 8.78. The molecular weight excluding hydrogens is 349 g/mol. The van der Waals surface area contributed by atoms with Crippen LogP contribution in [0.2, 0.25) is 0 Å². The van der Waals surface area contributed by atoms with Gasteiger partial charge in [-0.3, -0.25) is 0 Å². The molecule has 0 saturated carbocycles. The highest BCUT2D eigenvalue weighted by atomic mass is 19.1. The van der Waals surface area contributed by atoms with Crippen LogP contribution in [0.4, 0.5) is 8.78 Å². The summed E-state index contributed by atoms with van der Waals surface area (Å²) < 4.78 is 33.3. The third kappa shape index (κ3) is 3.41. The van der Waals surface area contributed by atoms with Crippen LogP contribution in [0.1, 0.15) is 36.0 Å². The van der Waals surface area contributed by atoms with Gasteiger partial charge in [0.15, 0.2) is 5.65 Å². The minimum atomic E-state index is -0.704. The lowest BCUT2D eigenvalue weighted by Crippen LogP contribution is -2.26. The number of benzene rings is 1. The molecule has 0 N–H and O–H groups in total. The van der Waals surface area contributed by atoms with Crippen molar-refractivity contribution in [3.05, 3.63) is 47.0 Å². The van der Waals surface area contributed by atoms with Crippen LogP contribution in [-0.4, -0.2) is 40.4 Å². The van der Waals surface area contributed by atoms with Crippen LogP contribution in [0.25, 0.3) is 22.4 Å². The predicted octanol–water partition coefficient (Wildman–Crippen LogP) is 3.37. The van der Waals surface area contributed by atoms with Crippen LogP contribution in [0, 0.1) is 25.5 Å². The number of halogens is 2. The first-order chi connectivity index (χ1) is 12.9. The van der Waals surface area contributed by atoms with Crippen LogP contribution in [0.3, 0.4) is 0 Å². The van der Waals surface area contributed by atoms with Gasteiger partial charge in [0.1, 0.15) is 36.5 Å². The van der Waals surface area contributed by atoms with E-state index in [4.69, 9.17) is 12.6 Å². The molecule has 1 aromatic carbocycles. The van der Waals surface area contributed by atoms with Crippen molar-refractivity contribution in [1.29, 1.82) is 0 Å². The lowest BCUT2D eigenvalue weighted by Gasteiger charge is -2.27. The summed E-state index contributed by atoms with van der Waals surface area (Å²) in [4.78, 5) is 18.2. The van der Waals surface area contributed by atoms with E-state index in [0.717, 1.165) is 11.8 Å². The topological polar surface area (TPSA) is 60.8 Å². The van der Waals surface area contributed by atoms with E-state index in [1.807, 2.05) is 13.8 Å². The Labute approximate surface area is 156 Å². The predicted molar refractivity (Wildman–Crippen MR) is 97.4 cm³/mol. The minimum absolute atomic E-state index is 0.0242. The zero-order valence-corrected chi connectivity index (χ0v) is 15.0. The number of aromatic nitrogens is 4. The molecule has 2 radical (unpaired) electrons. The Morgan fingerprint density at radius 3 is 2.59 bits per heavy atom. The summed E-state index contributed by atoms with van der Waals surface area (Å²) in [7, 11) is 5.90. The molecule has 3 heterocycles. The first kappa shape index (κ1) is 17.9. The van der Waals surface area contributed by atoms with Gasteiger partial charge in [-0.2, -0.15) is 0 Å². The molecule has 2 atom stereocenters. The van der Waals surface area contributed by atoms with Gasteiger partial charge in [-0.1, -0.05) is 0 Å². The number of aryl methyl sites for hydroxylation is 2. The van der Waals surface area contributed by atoms with Gasteiger partial charge in [-0.25, -0.2) is 28.7 Å². The Bertz CT molecular complexity index is 1030. The third-order valence-electron chi connectivity index (χ3n) is 4.83. The molecule has 1 aliphatic rings. The third-order valence-corrected chi connectivity index (χ3v) is 4.83. The molecule has 1 saturated heterocycles. The summed E-state index contributed by atoms with van der Waals surface area (Å²) in [6, 6.07) is 3.01. The van der Waals surface area contributed by atoms with Crippen molar-refractivity contribution in [2.45, 2.75) is 38.6 Å². The molecule has 3 aromatic rings. The van der Waals surface area contributed by atoms with Crippen LogP contribution in [0.15, 0.2) is 18.2 Å². The number of rotatable bonds is 2. The first-order valence-electron chi connectivity index (χ1n) is 8.78. The molecule has 0 bridgehead atoms. The summed E-state index contributed by atoms with van der Waals surface area (Å²) >= 11 is 0. The Balaban J connectivity index is 1.95. The van der Waals surface area contributed by atoms with E-state index >= 15 is 0 Å². The fourth-order valence-electron chi connectivity index (χ4n) is 3.24. The van der Waals surface area contributed by atoms with Gasteiger partial charge >= 0.3 is 0 Å². The average molecular weight is 366 g/mol. The molecule has 5 nitrogen and oxygen atoms in total. The number of hydrogen-bond donors (Lipinski definition) is 0. The summed E-state index contributed by atoms with van der Waals surface area (Å²) in [6.07, 6.45) is 1.28. The van der Waals surface area contributed by atoms with Crippen molar-refractivity contribution < 1.29 is 13.5 Å². The quantitative estimate of drug-likeness (QED) is 0.651. The van der Waals surface area contributed by atoms with Crippen molar-refractivity contribution in [3.63, 3.8) is 0 Å². The lowest BCUT2D eigenvalue weighted by molar-refractivity contribution is 0.0551. The van der Waals surface area contributed by atoms with Gasteiger partial charge < -0.3 is 4.74 Å². The van der Waals surface area contributed by atoms with Gasteiger partial charge in [0.05, 0.1) is 11.4 Å². The number of ether oxygens (including phenoxy) is 1. The normalized spacial score (nSPS) is 20.1. The van der Waals surface area contributed by atoms with E-state index in [9.17, 15) is 8.78 Å². The van der Waals surface area contributed by atoms with Crippen LogP contribution < -0.4 is 0 Å². The zero-order valence-electron chi connectivity index (χ0n) is 15.0. The van der Waals surface area contributed by atoms with Crippen LogP contribution in [0.5, 0.6) is 0 Å². The highest BCUT2D eigenvalue weighted by molar-refractivity contribution is 6.11. The number of nitrogens with zero attached hydrogens (tertiary/aromatic N) is 4. The maximum atomic E-state index is 14.5. The Kier molecular flexibility index (Phi) is 4.59. The Hall–Kier alpha value is -2.48. The highest BCUT2D eigenvalue weighted by Crippen LogP contribution is 2.32. The van der Waals surface area contributed by atoms with Crippen molar-refractivity contribution >= 4 is 19.0 Å². The van der Waals surface area contributed by atoms with Crippen molar-refractivity contribution in [3.8, 4) is 11.3 Å². The second-order valence-electron chi connectivity index (χ2n) is 6.75. The summed E-state index contributed by atoms with van der Waals surface area (Å²) in [5.74, 6) is -0.852. The zero-order chi connectivity index (χ0) is 19.1. The molecule has 2 unspecified atom stereocenters. The molecule has 0 amide bonds. The molecule has 0 spiro atoms. The van der Waals surface area contributed by atoms with Crippen molar-refractivity contribution in [1.82, 2.24) is 19.9 Å². The summed E-state index contributed by atoms with van der Waals surface area (Å²) in [5.41, 5.74) is 2.70. The van der Waals surface area contributed by atoms with Gasteiger partial charge in [0.25, 0.3) is 0 Å². The van der Waals surface area contributed by atoms with Crippen molar-refractivity contribution in [2.24, 2.45) is 0 Å². The second kappa shape index (κ2) is 6.92. The van der Waals surface area contributed by atoms with E-state index in [1.54, 1.807) is 0 Å². The minimum Gasteiger partial charge on any atom is -0.388 e. The standard InChI is InChI=1S/C19H17BF2N4O/c1-9-10(2)24-19-17(23-9)16(13-4-3-12(21)8-14(13)22)25-18(26-19)11-5-6-27-15(20)7-11/h3-4,8,11,15H,5-7H2,1-2H3. The van der Waals surface area contributed by atoms with E-state index in [2.05, 4.69) is 19.9 Å². The second-order valence-corrected chi connectivity index (χ2v) is 6.75. The van der Waals surface area contributed by atoms with E-state index in [0.29, 0.717) is 47.8 Å². The lowest BCUT2D eigenvalue weighted by atomic mass is 9.85. The van der Waals surface area contributed by atoms with E-state index in [1.165, 1.54) is 12.1 Å². The molecule has 2 aromatic heterocycles. The molecule has 1 aliphatic heterocycles. The van der Waals surface area contributed by atoms with E-state index in [-0.39, 0.29) is 17.5 Å². The molecular formula is C19H17BF2N4O. The maximum absolute atomic E-state index is 14.5. The molecule has 27 heavy (non-hydrogen) atoms. The van der Waals surface area contributed by atoms with Crippen LogP contribution in [-0.2, 0) is 4.74 Å². The van der Waals surface area contributed by atoms with Gasteiger partial charge in [0, 0.05) is 30.2 Å². The SMILES string of the molecule is [B]C1CC(c2nc(-c3ccc(F)cc3F)c3nc(C)c(C)nc3n2)CCO1. The number of hydrogen-bond acceptors (Lipinski definition) is 5. The van der Waals surface area contributed by atoms with Gasteiger partial charge in [0.2, 0.25) is 0 Å². The smallest absolute Gasteiger partial charge is 0.182 e. The van der Waals surface area contributed by atoms with Crippen molar-refractivity contribution in [2.75, 3.05) is 6.61 Å². The van der Waals surface area contributed by atoms with Gasteiger partial charge in [-0.05, 0) is 38.8 Å². The summed E-state index contributed by atoms with van der Waals surface area (Å²) in [5, 5.41) is 0. The van der Waals surface area contributed by atoms with E-state index < -0.39 is 11.6 Å². The summed E-state index contributed by atoms with van der Waals surface area (Å²) in [6.45, 7) is 4.16. The average Bonchev–Trinajstić information content (AvgIpc) is 2.62. The largest absolute Gasteiger partial charge is 0.388 e. The molecule has 136 valence electrons. The molecule has 1 fully saturated rings. The highest BCUT2D eigenvalue weighted by Gasteiger charge is 2.26. The fraction of sp³-hybridized carbons (Fsp3) is 0.368. The maximum Gasteiger partial charge on any atom is 0.182 e. The number of fused-ring (bicyclic) bond motifs is 1. The Morgan fingerprint density at radius 1 is 1.07 bits per heavy atom. The Morgan fingerprint density at radius 2 is 1.85 bits per heavy atom. The molecule has 0 aliphatic carbocycles. The fourth-order valence-corrected chi connectivity index (χ4v) is 3.24. The molecule has 8 heteroatoms. The van der Waals surface area contributed by atoms with Gasteiger partial charge in [-0.15, -0.1) is 0 Å². The molecule has 4 rings (SSSR count). The van der Waals surface area contributed by atoms with Crippen LogP contribution >= 0.6 is 0 Å². The monoisotopic (exact) mass is 366 g/mol.